The normalized spacial score (nSPS) is 19.0. The van der Waals surface area contributed by atoms with E-state index >= 15 is 0 Å². The van der Waals surface area contributed by atoms with Crippen LogP contribution in [-0.2, 0) is 4.79 Å². The second kappa shape index (κ2) is 9.41. The van der Waals surface area contributed by atoms with Crippen LogP contribution in [0.15, 0.2) is 48.2 Å². The van der Waals surface area contributed by atoms with Gasteiger partial charge in [0.25, 0.3) is 0 Å². The molecular formula is C25H32N6O2. The number of nitrogens with zero attached hydrogens (tertiary/aromatic N) is 5. The number of ether oxygens (including phenoxy) is 1. The number of anilines is 2. The Kier molecular flexibility index (Phi) is 6.20. The number of aromatic nitrogens is 1. The van der Waals surface area contributed by atoms with Gasteiger partial charge < -0.3 is 14.5 Å². The summed E-state index contributed by atoms with van der Waals surface area (Å²) in [4.78, 5) is 23.8. The molecule has 0 bridgehead atoms. The lowest BCUT2D eigenvalue weighted by Crippen LogP contribution is -2.51. The molecule has 2 aromatic rings. The Morgan fingerprint density at radius 3 is 2.70 bits per heavy atom. The summed E-state index contributed by atoms with van der Waals surface area (Å²) in [6.07, 6.45) is 2.36. The number of piperazine rings is 1. The summed E-state index contributed by atoms with van der Waals surface area (Å²) in [5.74, 6) is 2.15. The maximum absolute atomic E-state index is 12.2. The van der Waals surface area contributed by atoms with Crippen molar-refractivity contribution in [3.05, 3.63) is 53.7 Å². The fraction of sp³-hybridized carbons (Fsp3) is 0.440. The van der Waals surface area contributed by atoms with Gasteiger partial charge in [-0.3, -0.25) is 14.7 Å². The Balaban J connectivity index is 1.18. The van der Waals surface area contributed by atoms with Crippen LogP contribution >= 0.6 is 0 Å². The van der Waals surface area contributed by atoms with Crippen LogP contribution in [0.2, 0.25) is 0 Å². The average Bonchev–Trinajstić information content (AvgIpc) is 2.84. The van der Waals surface area contributed by atoms with Gasteiger partial charge in [0.15, 0.2) is 11.6 Å². The number of nitrogens with one attached hydrogen (secondary N) is 1. The number of fused-ring (bicyclic) bond motifs is 2. The molecule has 0 atom stereocenters. The zero-order valence-electron chi connectivity index (χ0n) is 19.5. The van der Waals surface area contributed by atoms with Gasteiger partial charge in [-0.2, -0.15) is 0 Å². The summed E-state index contributed by atoms with van der Waals surface area (Å²) >= 11 is 0. The van der Waals surface area contributed by atoms with Gasteiger partial charge in [0.1, 0.15) is 5.75 Å². The zero-order chi connectivity index (χ0) is 22.8. The van der Waals surface area contributed by atoms with E-state index in [0.29, 0.717) is 19.5 Å². The number of benzene rings is 1. The van der Waals surface area contributed by atoms with Crippen molar-refractivity contribution < 1.29 is 9.53 Å². The van der Waals surface area contributed by atoms with Gasteiger partial charge in [-0.1, -0.05) is 12.1 Å². The lowest BCUT2D eigenvalue weighted by atomic mass is 9.94. The van der Waals surface area contributed by atoms with Crippen LogP contribution in [0, 0.1) is 0 Å². The molecule has 174 valence electrons. The lowest BCUT2D eigenvalue weighted by molar-refractivity contribution is -0.119. The molecule has 3 aliphatic rings. The van der Waals surface area contributed by atoms with Crippen molar-refractivity contribution in [1.82, 2.24) is 20.2 Å². The molecule has 0 spiro atoms. The molecule has 1 N–H and O–H groups in total. The van der Waals surface area contributed by atoms with Crippen molar-refractivity contribution in [3.63, 3.8) is 0 Å². The number of pyridine rings is 1. The third kappa shape index (κ3) is 4.41. The molecule has 0 unspecified atom stereocenters. The molecular weight excluding hydrogens is 416 g/mol. The number of para-hydroxylation sites is 2. The second-order valence-electron chi connectivity index (χ2n) is 8.89. The van der Waals surface area contributed by atoms with Gasteiger partial charge >= 0.3 is 0 Å². The number of methoxy groups -OCH3 is 1. The predicted molar refractivity (Wildman–Crippen MR) is 130 cm³/mol. The molecule has 3 aliphatic heterocycles. The first-order valence-electron chi connectivity index (χ1n) is 11.7. The van der Waals surface area contributed by atoms with E-state index in [4.69, 9.17) is 4.74 Å². The fourth-order valence-electron chi connectivity index (χ4n) is 5.16. The Hall–Kier alpha value is -3.10. The molecule has 8 heteroatoms. The number of hydrogen-bond acceptors (Lipinski definition) is 8. The van der Waals surface area contributed by atoms with Gasteiger partial charge in [-0.15, -0.1) is 0 Å². The molecule has 0 aliphatic carbocycles. The monoisotopic (exact) mass is 448 g/mol. The molecule has 0 saturated carbocycles. The average molecular weight is 449 g/mol. The van der Waals surface area contributed by atoms with Crippen LogP contribution in [0.5, 0.6) is 5.75 Å². The standard InChI is InChI=1S/C25H32N6O2/c1-28-18-20(32)16-19-17-31(25-21(24(19)28)6-5-9-26-25)27-10-11-29-12-14-30(15-13-29)22-7-3-4-8-23(22)33-2/h3-9,27H,10-18H2,1-2H3. The van der Waals surface area contributed by atoms with Crippen LogP contribution in [0.25, 0.3) is 5.70 Å². The van der Waals surface area contributed by atoms with Crippen LogP contribution in [0.1, 0.15) is 12.0 Å². The molecule has 33 heavy (non-hydrogen) atoms. The fourth-order valence-corrected chi connectivity index (χ4v) is 5.16. The van der Waals surface area contributed by atoms with Crippen LogP contribution in [0.4, 0.5) is 11.5 Å². The third-order valence-electron chi connectivity index (χ3n) is 6.72. The Morgan fingerprint density at radius 2 is 1.88 bits per heavy atom. The summed E-state index contributed by atoms with van der Waals surface area (Å²) in [6, 6.07) is 12.3. The number of hydrazine groups is 1. The summed E-state index contributed by atoms with van der Waals surface area (Å²) in [5, 5.41) is 2.12. The predicted octanol–water partition coefficient (Wildman–Crippen LogP) is 1.85. The summed E-state index contributed by atoms with van der Waals surface area (Å²) in [6.45, 7) is 6.96. The maximum atomic E-state index is 12.2. The van der Waals surface area contributed by atoms with E-state index in [2.05, 4.69) is 48.3 Å². The highest BCUT2D eigenvalue weighted by Crippen LogP contribution is 2.37. The molecule has 0 radical (unpaired) electrons. The molecule has 1 aromatic carbocycles. The lowest BCUT2D eigenvalue weighted by Gasteiger charge is -2.40. The van der Waals surface area contributed by atoms with Crippen molar-refractivity contribution in [2.24, 2.45) is 0 Å². The van der Waals surface area contributed by atoms with Crippen LogP contribution in [0.3, 0.4) is 0 Å². The molecule has 1 aromatic heterocycles. The van der Waals surface area contributed by atoms with Gasteiger partial charge in [-0.05, 0) is 29.8 Å². The minimum Gasteiger partial charge on any atom is -0.495 e. The Morgan fingerprint density at radius 1 is 1.06 bits per heavy atom. The number of ketones is 1. The smallest absolute Gasteiger partial charge is 0.156 e. The summed E-state index contributed by atoms with van der Waals surface area (Å²) < 4.78 is 5.53. The highest BCUT2D eigenvalue weighted by molar-refractivity contribution is 5.92. The highest BCUT2D eigenvalue weighted by atomic mass is 16.5. The van der Waals surface area contributed by atoms with E-state index in [1.807, 2.05) is 31.4 Å². The van der Waals surface area contributed by atoms with Gasteiger partial charge in [0.05, 0.1) is 25.9 Å². The van der Waals surface area contributed by atoms with Gasteiger partial charge in [0.2, 0.25) is 0 Å². The van der Waals surface area contributed by atoms with Crippen molar-refractivity contribution in [2.45, 2.75) is 6.42 Å². The molecule has 5 rings (SSSR count). The number of Topliss-reactive ketones (excluding diaryl/α,β-unsaturated/α-hetero) is 1. The van der Waals surface area contributed by atoms with Crippen molar-refractivity contribution >= 4 is 23.0 Å². The first kappa shape index (κ1) is 21.7. The topological polar surface area (TPSA) is 64.2 Å². The molecule has 8 nitrogen and oxygen atoms in total. The maximum Gasteiger partial charge on any atom is 0.156 e. The second-order valence-corrected chi connectivity index (χ2v) is 8.89. The molecule has 1 saturated heterocycles. The molecule has 4 heterocycles. The van der Waals surface area contributed by atoms with E-state index in [0.717, 1.165) is 56.4 Å². The van der Waals surface area contributed by atoms with Crippen LogP contribution < -0.4 is 20.1 Å². The van der Waals surface area contributed by atoms with E-state index in [1.54, 1.807) is 7.11 Å². The quantitative estimate of drug-likeness (QED) is 0.719. The van der Waals surface area contributed by atoms with Gasteiger partial charge in [0, 0.05) is 70.2 Å². The number of carbonyl (C=O) groups excluding carboxylic acids is 1. The minimum atomic E-state index is 0.274. The van der Waals surface area contributed by atoms with Gasteiger partial charge in [-0.25, -0.2) is 10.4 Å². The van der Waals surface area contributed by atoms with E-state index in [-0.39, 0.29) is 5.78 Å². The van der Waals surface area contributed by atoms with Crippen molar-refractivity contribution in [1.29, 1.82) is 0 Å². The Bertz CT molecular complexity index is 1050. The van der Waals surface area contributed by atoms with E-state index < -0.39 is 0 Å². The first-order valence-corrected chi connectivity index (χ1v) is 11.7. The van der Waals surface area contributed by atoms with Crippen molar-refractivity contribution in [2.75, 3.05) is 76.4 Å². The number of likely N-dealkylation sites (N-methyl/N-ethyl adjacent to an activating group) is 1. The largest absolute Gasteiger partial charge is 0.495 e. The highest BCUT2D eigenvalue weighted by Gasteiger charge is 2.32. The first-order chi connectivity index (χ1) is 16.1. The number of hydrogen-bond donors (Lipinski definition) is 1. The van der Waals surface area contributed by atoms with Crippen LogP contribution in [-0.4, -0.2) is 87.1 Å². The summed E-state index contributed by atoms with van der Waals surface area (Å²) in [5.41, 5.74) is 8.20. The SMILES string of the molecule is COc1ccccc1N1CCN(CCNN2CC3=C(c4cccnc42)N(C)CC(=O)C3)CC1. The Labute approximate surface area is 195 Å². The van der Waals surface area contributed by atoms with E-state index in [9.17, 15) is 4.79 Å². The molecule has 0 amide bonds. The van der Waals surface area contributed by atoms with E-state index in [1.165, 1.54) is 17.0 Å². The molecule has 1 fully saturated rings. The minimum absolute atomic E-state index is 0.274. The zero-order valence-corrected chi connectivity index (χ0v) is 19.5. The number of carbonyl (C=O) groups is 1. The van der Waals surface area contributed by atoms with Crippen molar-refractivity contribution in [3.8, 4) is 5.75 Å². The number of rotatable bonds is 6. The summed E-state index contributed by atoms with van der Waals surface area (Å²) in [7, 11) is 3.73. The third-order valence-corrected chi connectivity index (χ3v) is 6.72.